The molecule has 0 amide bonds. The largest absolute Gasteiger partial charge is 0.490 e. The molecule has 0 radical (unpaired) electrons. The Morgan fingerprint density at radius 1 is 1.21 bits per heavy atom. The summed E-state index contributed by atoms with van der Waals surface area (Å²) in [5.74, 6) is 0.913. The third-order valence-electron chi connectivity index (χ3n) is 3.34. The molecular weight excluding hydrogens is 236 g/mol. The summed E-state index contributed by atoms with van der Waals surface area (Å²) in [6, 6.07) is 11.9. The van der Waals surface area contributed by atoms with E-state index in [0.29, 0.717) is 6.10 Å². The number of aromatic nitrogens is 1. The molecule has 1 aromatic carbocycles. The Kier molecular flexibility index (Phi) is 3.22. The van der Waals surface area contributed by atoms with Crippen molar-refractivity contribution in [2.45, 2.75) is 31.9 Å². The molecular formula is C16H18N2O. The molecule has 1 aliphatic rings. The zero-order valence-corrected chi connectivity index (χ0v) is 11.0. The molecule has 3 nitrogen and oxygen atoms in total. The standard InChI is InChI=1S/C16H18N2O/c1-11-5-6-13(10-18-11)16(17)12-3-2-4-15(9-12)19-14-7-8-14/h2-6,9-10,14,16H,7-8,17H2,1H3. The first-order valence-corrected chi connectivity index (χ1v) is 6.67. The number of hydrogen-bond acceptors (Lipinski definition) is 3. The molecule has 1 aromatic heterocycles. The van der Waals surface area contributed by atoms with Crippen LogP contribution < -0.4 is 10.5 Å². The number of pyridine rings is 1. The van der Waals surface area contributed by atoms with Crippen LogP contribution in [-0.2, 0) is 0 Å². The molecule has 0 spiro atoms. The van der Waals surface area contributed by atoms with E-state index in [9.17, 15) is 0 Å². The zero-order chi connectivity index (χ0) is 13.2. The number of ether oxygens (including phenoxy) is 1. The molecule has 1 aliphatic carbocycles. The topological polar surface area (TPSA) is 48.1 Å². The minimum absolute atomic E-state index is 0.157. The lowest BCUT2D eigenvalue weighted by molar-refractivity contribution is 0.303. The second-order valence-electron chi connectivity index (χ2n) is 5.10. The Hall–Kier alpha value is -1.87. The van der Waals surface area contributed by atoms with Gasteiger partial charge in [0, 0.05) is 11.9 Å². The molecule has 0 aliphatic heterocycles. The average Bonchev–Trinajstić information content (AvgIpc) is 3.23. The first kappa shape index (κ1) is 12.2. The number of hydrogen-bond donors (Lipinski definition) is 1. The predicted octanol–water partition coefficient (Wildman–Crippen LogP) is 2.98. The lowest BCUT2D eigenvalue weighted by Gasteiger charge is -2.14. The SMILES string of the molecule is Cc1ccc(C(N)c2cccc(OC3CC3)c2)cn1. The fourth-order valence-electron chi connectivity index (χ4n) is 2.02. The molecule has 2 N–H and O–H groups in total. The van der Waals surface area contributed by atoms with Crippen LogP contribution in [0.3, 0.4) is 0 Å². The molecule has 2 aromatic rings. The maximum atomic E-state index is 6.29. The first-order valence-electron chi connectivity index (χ1n) is 6.67. The van der Waals surface area contributed by atoms with Crippen LogP contribution in [0, 0.1) is 6.92 Å². The van der Waals surface area contributed by atoms with Gasteiger partial charge in [-0.2, -0.15) is 0 Å². The molecule has 19 heavy (non-hydrogen) atoms. The summed E-state index contributed by atoms with van der Waals surface area (Å²) in [5.41, 5.74) is 9.37. The minimum Gasteiger partial charge on any atom is -0.490 e. The summed E-state index contributed by atoms with van der Waals surface area (Å²) in [6.07, 6.45) is 4.58. The van der Waals surface area contributed by atoms with Crippen LogP contribution in [0.1, 0.15) is 35.7 Å². The summed E-state index contributed by atoms with van der Waals surface area (Å²) >= 11 is 0. The van der Waals surface area contributed by atoms with Gasteiger partial charge >= 0.3 is 0 Å². The van der Waals surface area contributed by atoms with E-state index in [4.69, 9.17) is 10.5 Å². The maximum absolute atomic E-state index is 6.29. The van der Waals surface area contributed by atoms with Crippen molar-refractivity contribution in [2.24, 2.45) is 5.73 Å². The van der Waals surface area contributed by atoms with Crippen molar-refractivity contribution in [3.8, 4) is 5.75 Å². The molecule has 0 bridgehead atoms. The van der Waals surface area contributed by atoms with E-state index in [1.54, 1.807) is 0 Å². The summed E-state index contributed by atoms with van der Waals surface area (Å²) in [7, 11) is 0. The fraction of sp³-hybridized carbons (Fsp3) is 0.312. The lowest BCUT2D eigenvalue weighted by atomic mass is 10.0. The van der Waals surface area contributed by atoms with Crippen molar-refractivity contribution >= 4 is 0 Å². The van der Waals surface area contributed by atoms with Crippen molar-refractivity contribution < 1.29 is 4.74 Å². The molecule has 3 heteroatoms. The van der Waals surface area contributed by atoms with Crippen molar-refractivity contribution in [3.05, 3.63) is 59.4 Å². The smallest absolute Gasteiger partial charge is 0.120 e. The Bertz CT molecular complexity index is 561. The molecule has 1 fully saturated rings. The van der Waals surface area contributed by atoms with Crippen molar-refractivity contribution in [1.82, 2.24) is 4.98 Å². The number of nitrogens with two attached hydrogens (primary N) is 1. The summed E-state index contributed by atoms with van der Waals surface area (Å²) < 4.78 is 5.80. The quantitative estimate of drug-likeness (QED) is 0.912. The number of nitrogens with zero attached hydrogens (tertiary/aromatic N) is 1. The molecule has 1 heterocycles. The van der Waals surface area contributed by atoms with Gasteiger partial charge < -0.3 is 10.5 Å². The Labute approximate surface area is 113 Å². The van der Waals surface area contributed by atoms with Crippen molar-refractivity contribution in [3.63, 3.8) is 0 Å². The Morgan fingerprint density at radius 3 is 2.74 bits per heavy atom. The van der Waals surface area contributed by atoms with E-state index < -0.39 is 0 Å². The molecule has 1 atom stereocenters. The zero-order valence-electron chi connectivity index (χ0n) is 11.0. The molecule has 0 saturated heterocycles. The molecule has 1 unspecified atom stereocenters. The third-order valence-corrected chi connectivity index (χ3v) is 3.34. The van der Waals surface area contributed by atoms with E-state index in [1.807, 2.05) is 49.5 Å². The first-order chi connectivity index (χ1) is 9.22. The fourth-order valence-corrected chi connectivity index (χ4v) is 2.02. The van der Waals surface area contributed by atoms with Gasteiger partial charge in [0.1, 0.15) is 5.75 Å². The van der Waals surface area contributed by atoms with Crippen LogP contribution in [0.25, 0.3) is 0 Å². The average molecular weight is 254 g/mol. The van der Waals surface area contributed by atoms with E-state index in [0.717, 1.165) is 35.4 Å². The van der Waals surface area contributed by atoms with Crippen LogP contribution in [0.15, 0.2) is 42.6 Å². The van der Waals surface area contributed by atoms with Crippen LogP contribution in [0.4, 0.5) is 0 Å². The Morgan fingerprint density at radius 2 is 2.05 bits per heavy atom. The number of rotatable bonds is 4. The van der Waals surface area contributed by atoms with E-state index in [1.165, 1.54) is 0 Å². The van der Waals surface area contributed by atoms with E-state index in [-0.39, 0.29) is 6.04 Å². The monoisotopic (exact) mass is 254 g/mol. The normalized spacial score (nSPS) is 16.1. The van der Waals surface area contributed by atoms with Gasteiger partial charge in [-0.15, -0.1) is 0 Å². The third kappa shape index (κ3) is 2.93. The van der Waals surface area contributed by atoms with Gasteiger partial charge in [0.2, 0.25) is 0 Å². The highest BCUT2D eigenvalue weighted by Crippen LogP contribution is 2.29. The molecule has 1 saturated carbocycles. The lowest BCUT2D eigenvalue weighted by Crippen LogP contribution is -2.12. The van der Waals surface area contributed by atoms with E-state index in [2.05, 4.69) is 4.98 Å². The number of benzene rings is 1. The second-order valence-corrected chi connectivity index (χ2v) is 5.10. The van der Waals surface area contributed by atoms with Gasteiger partial charge in [-0.05, 0) is 49.1 Å². The van der Waals surface area contributed by atoms with Crippen LogP contribution in [-0.4, -0.2) is 11.1 Å². The van der Waals surface area contributed by atoms with Gasteiger partial charge in [-0.3, -0.25) is 4.98 Å². The summed E-state index contributed by atoms with van der Waals surface area (Å²) in [4.78, 5) is 4.30. The minimum atomic E-state index is -0.157. The molecule has 98 valence electrons. The number of aryl methyl sites for hydroxylation is 1. The highest BCUT2D eigenvalue weighted by molar-refractivity contribution is 5.36. The highest BCUT2D eigenvalue weighted by atomic mass is 16.5. The van der Waals surface area contributed by atoms with Gasteiger partial charge in [0.05, 0.1) is 12.1 Å². The van der Waals surface area contributed by atoms with Gasteiger partial charge in [-0.25, -0.2) is 0 Å². The second kappa shape index (κ2) is 5.02. The van der Waals surface area contributed by atoms with E-state index >= 15 is 0 Å². The molecule has 3 rings (SSSR count). The van der Waals surface area contributed by atoms with Gasteiger partial charge in [-0.1, -0.05) is 18.2 Å². The maximum Gasteiger partial charge on any atom is 0.120 e. The van der Waals surface area contributed by atoms with Crippen LogP contribution in [0.2, 0.25) is 0 Å². The van der Waals surface area contributed by atoms with Crippen LogP contribution in [0.5, 0.6) is 5.75 Å². The van der Waals surface area contributed by atoms with Gasteiger partial charge in [0.15, 0.2) is 0 Å². The summed E-state index contributed by atoms with van der Waals surface area (Å²) in [6.45, 7) is 1.97. The summed E-state index contributed by atoms with van der Waals surface area (Å²) in [5, 5.41) is 0. The van der Waals surface area contributed by atoms with Crippen LogP contribution >= 0.6 is 0 Å². The predicted molar refractivity (Wildman–Crippen MR) is 75.1 cm³/mol. The van der Waals surface area contributed by atoms with Crippen molar-refractivity contribution in [1.29, 1.82) is 0 Å². The van der Waals surface area contributed by atoms with Crippen molar-refractivity contribution in [2.75, 3.05) is 0 Å². The Balaban J connectivity index is 1.81. The van der Waals surface area contributed by atoms with Gasteiger partial charge in [0.25, 0.3) is 0 Å². The highest BCUT2D eigenvalue weighted by Gasteiger charge is 2.23.